The van der Waals surface area contributed by atoms with Crippen LogP contribution < -0.4 is 5.32 Å². The average molecular weight is 267 g/mol. The van der Waals surface area contributed by atoms with E-state index in [4.69, 9.17) is 0 Å². The molecular formula is C15H17N5. The molecule has 20 heavy (non-hydrogen) atoms. The second kappa shape index (κ2) is 4.92. The Kier molecular flexibility index (Phi) is 3.10. The third kappa shape index (κ3) is 1.91. The van der Waals surface area contributed by atoms with E-state index in [1.54, 1.807) is 0 Å². The van der Waals surface area contributed by atoms with Gasteiger partial charge in [-0.3, -0.25) is 4.57 Å². The lowest BCUT2D eigenvalue weighted by Crippen LogP contribution is -2.08. The van der Waals surface area contributed by atoms with Crippen LogP contribution in [-0.4, -0.2) is 26.6 Å². The summed E-state index contributed by atoms with van der Waals surface area (Å²) in [6, 6.07) is 8.05. The van der Waals surface area contributed by atoms with E-state index in [9.17, 15) is 0 Å². The van der Waals surface area contributed by atoms with E-state index in [2.05, 4.69) is 33.3 Å². The lowest BCUT2D eigenvalue weighted by molar-refractivity contribution is 0.885. The van der Waals surface area contributed by atoms with E-state index in [0.29, 0.717) is 0 Å². The number of nitrogens with zero attached hydrogens (tertiary/aromatic N) is 4. The molecule has 5 heteroatoms. The molecule has 1 aromatic carbocycles. The van der Waals surface area contributed by atoms with Crippen LogP contribution in [0.5, 0.6) is 0 Å². The molecule has 0 aliphatic carbocycles. The van der Waals surface area contributed by atoms with Gasteiger partial charge < -0.3 is 5.32 Å². The molecule has 0 unspecified atom stereocenters. The minimum atomic E-state index is 0.800. The smallest absolute Gasteiger partial charge is 0.147 e. The number of imidazole rings is 1. The number of anilines is 1. The Morgan fingerprint density at radius 2 is 2.00 bits per heavy atom. The zero-order valence-electron chi connectivity index (χ0n) is 11.9. The molecular weight excluding hydrogens is 250 g/mol. The zero-order valence-corrected chi connectivity index (χ0v) is 11.9. The Labute approximate surface area is 117 Å². The van der Waals surface area contributed by atoms with Crippen molar-refractivity contribution in [2.45, 2.75) is 20.3 Å². The van der Waals surface area contributed by atoms with Crippen LogP contribution in [0.25, 0.3) is 16.9 Å². The van der Waals surface area contributed by atoms with E-state index in [1.165, 1.54) is 0 Å². The molecule has 0 amide bonds. The molecule has 0 bridgehead atoms. The highest BCUT2D eigenvalue weighted by Gasteiger charge is 2.13. The number of para-hydroxylation sites is 2. The van der Waals surface area contributed by atoms with Gasteiger partial charge in [-0.25, -0.2) is 15.0 Å². The third-order valence-corrected chi connectivity index (χ3v) is 3.40. The standard InChI is InChI=1S/C15H17N5/c1-4-13-18-14(16-3)10(2)15(19-13)20-9-17-11-7-5-6-8-12(11)20/h5-9H,4H2,1-3H3,(H,16,18,19). The fourth-order valence-electron chi connectivity index (χ4n) is 2.31. The molecule has 2 aromatic heterocycles. The number of rotatable bonds is 3. The third-order valence-electron chi connectivity index (χ3n) is 3.40. The maximum atomic E-state index is 4.66. The van der Waals surface area contributed by atoms with Crippen molar-refractivity contribution in [2.75, 3.05) is 12.4 Å². The largest absolute Gasteiger partial charge is 0.373 e. The van der Waals surface area contributed by atoms with Crippen LogP contribution >= 0.6 is 0 Å². The highest BCUT2D eigenvalue weighted by Crippen LogP contribution is 2.23. The first-order valence-corrected chi connectivity index (χ1v) is 6.72. The molecule has 0 saturated heterocycles. The summed E-state index contributed by atoms with van der Waals surface area (Å²) in [6.45, 7) is 4.08. The van der Waals surface area contributed by atoms with E-state index < -0.39 is 0 Å². The summed E-state index contributed by atoms with van der Waals surface area (Å²) < 4.78 is 2.02. The van der Waals surface area contributed by atoms with Gasteiger partial charge in [0.2, 0.25) is 0 Å². The van der Waals surface area contributed by atoms with Gasteiger partial charge in [0.1, 0.15) is 23.8 Å². The molecule has 3 rings (SSSR count). The molecule has 0 radical (unpaired) electrons. The Bertz CT molecular complexity index is 760. The maximum Gasteiger partial charge on any atom is 0.147 e. The van der Waals surface area contributed by atoms with Gasteiger partial charge in [0, 0.05) is 19.0 Å². The fourth-order valence-corrected chi connectivity index (χ4v) is 2.31. The molecule has 0 fully saturated rings. The van der Waals surface area contributed by atoms with Crippen molar-refractivity contribution in [3.8, 4) is 5.82 Å². The first-order chi connectivity index (χ1) is 9.74. The number of hydrogen-bond acceptors (Lipinski definition) is 4. The number of hydrogen-bond donors (Lipinski definition) is 1. The highest BCUT2D eigenvalue weighted by molar-refractivity contribution is 5.77. The summed E-state index contributed by atoms with van der Waals surface area (Å²) in [7, 11) is 1.88. The van der Waals surface area contributed by atoms with Gasteiger partial charge in [-0.2, -0.15) is 0 Å². The minimum Gasteiger partial charge on any atom is -0.373 e. The summed E-state index contributed by atoms with van der Waals surface area (Å²) >= 11 is 0. The van der Waals surface area contributed by atoms with Crippen LogP contribution in [0.2, 0.25) is 0 Å². The van der Waals surface area contributed by atoms with Gasteiger partial charge in [0.15, 0.2) is 0 Å². The first kappa shape index (κ1) is 12.6. The van der Waals surface area contributed by atoms with E-state index in [-0.39, 0.29) is 0 Å². The first-order valence-electron chi connectivity index (χ1n) is 6.72. The number of nitrogens with one attached hydrogen (secondary N) is 1. The minimum absolute atomic E-state index is 0.800. The predicted octanol–water partition coefficient (Wildman–Crippen LogP) is 2.73. The summed E-state index contributed by atoms with van der Waals surface area (Å²) in [6.07, 6.45) is 2.62. The number of aromatic nitrogens is 4. The van der Waals surface area contributed by atoms with Gasteiger partial charge in [-0.15, -0.1) is 0 Å². The van der Waals surface area contributed by atoms with Crippen LogP contribution in [0.1, 0.15) is 18.3 Å². The summed E-state index contributed by atoms with van der Waals surface area (Å²) in [5, 5.41) is 3.14. The normalized spacial score (nSPS) is 10.9. The van der Waals surface area contributed by atoms with Gasteiger partial charge in [-0.1, -0.05) is 19.1 Å². The Morgan fingerprint density at radius 3 is 2.75 bits per heavy atom. The van der Waals surface area contributed by atoms with Crippen LogP contribution in [-0.2, 0) is 6.42 Å². The van der Waals surface area contributed by atoms with Crippen molar-refractivity contribution < 1.29 is 0 Å². The Morgan fingerprint density at radius 1 is 1.20 bits per heavy atom. The maximum absolute atomic E-state index is 4.66. The second-order valence-electron chi connectivity index (χ2n) is 4.64. The number of benzene rings is 1. The van der Waals surface area contributed by atoms with Gasteiger partial charge in [0.25, 0.3) is 0 Å². The highest BCUT2D eigenvalue weighted by atomic mass is 15.1. The van der Waals surface area contributed by atoms with Crippen molar-refractivity contribution >= 4 is 16.9 Å². The Balaban J connectivity index is 2.28. The molecule has 0 aliphatic rings. The summed E-state index contributed by atoms with van der Waals surface area (Å²) in [5.74, 6) is 2.58. The van der Waals surface area contributed by atoms with Gasteiger partial charge in [0.05, 0.1) is 11.0 Å². The van der Waals surface area contributed by atoms with Crippen LogP contribution in [0, 0.1) is 6.92 Å². The van der Waals surface area contributed by atoms with E-state index in [0.717, 1.165) is 40.5 Å². The Hall–Kier alpha value is -2.43. The van der Waals surface area contributed by atoms with Crippen LogP contribution in [0.4, 0.5) is 5.82 Å². The molecule has 1 N–H and O–H groups in total. The molecule has 3 aromatic rings. The lowest BCUT2D eigenvalue weighted by atomic mass is 10.2. The van der Waals surface area contributed by atoms with Crippen molar-refractivity contribution in [1.82, 2.24) is 19.5 Å². The number of fused-ring (bicyclic) bond motifs is 1. The fraction of sp³-hybridized carbons (Fsp3) is 0.267. The summed E-state index contributed by atoms with van der Waals surface area (Å²) in [4.78, 5) is 13.6. The molecule has 2 heterocycles. The van der Waals surface area contributed by atoms with E-state index >= 15 is 0 Å². The van der Waals surface area contributed by atoms with E-state index in [1.807, 2.05) is 43.1 Å². The zero-order chi connectivity index (χ0) is 14.1. The van der Waals surface area contributed by atoms with Crippen molar-refractivity contribution in [2.24, 2.45) is 0 Å². The van der Waals surface area contributed by atoms with Crippen molar-refractivity contribution in [1.29, 1.82) is 0 Å². The monoisotopic (exact) mass is 267 g/mol. The molecule has 0 spiro atoms. The van der Waals surface area contributed by atoms with Crippen molar-refractivity contribution in [3.05, 3.63) is 42.0 Å². The molecule has 5 nitrogen and oxygen atoms in total. The quantitative estimate of drug-likeness (QED) is 0.792. The van der Waals surface area contributed by atoms with Gasteiger partial charge >= 0.3 is 0 Å². The predicted molar refractivity (Wildman–Crippen MR) is 80.3 cm³/mol. The molecule has 0 aliphatic heterocycles. The topological polar surface area (TPSA) is 55.6 Å². The average Bonchev–Trinajstić information content (AvgIpc) is 2.91. The van der Waals surface area contributed by atoms with Crippen molar-refractivity contribution in [3.63, 3.8) is 0 Å². The number of aryl methyl sites for hydroxylation is 1. The van der Waals surface area contributed by atoms with Crippen LogP contribution in [0.3, 0.4) is 0 Å². The SMILES string of the molecule is CCc1nc(NC)c(C)c(-n2cnc3ccccc32)n1. The lowest BCUT2D eigenvalue weighted by Gasteiger charge is -2.12. The van der Waals surface area contributed by atoms with Gasteiger partial charge in [-0.05, 0) is 19.1 Å². The second-order valence-corrected chi connectivity index (χ2v) is 4.64. The molecule has 102 valence electrons. The van der Waals surface area contributed by atoms with Crippen LogP contribution in [0.15, 0.2) is 30.6 Å². The summed E-state index contributed by atoms with van der Waals surface area (Å²) in [5.41, 5.74) is 3.04. The molecule has 0 saturated carbocycles. The molecule has 0 atom stereocenters.